The molecule has 0 fully saturated rings. The van der Waals surface area contributed by atoms with Gasteiger partial charge in [-0.2, -0.15) is 0 Å². The lowest BCUT2D eigenvalue weighted by molar-refractivity contribution is 0.430. The average molecular weight is 195 g/mol. The highest BCUT2D eigenvalue weighted by Gasteiger charge is 2.15. The third kappa shape index (κ3) is 1.72. The summed E-state index contributed by atoms with van der Waals surface area (Å²) in [4.78, 5) is 7.89. The van der Waals surface area contributed by atoms with E-state index in [1.165, 1.54) is 16.9 Å². The molecule has 13 heavy (non-hydrogen) atoms. The molecule has 0 bridgehead atoms. The van der Waals surface area contributed by atoms with E-state index in [1.54, 1.807) is 11.3 Å². The number of aryl methyl sites for hydroxylation is 2. The topological polar surface area (TPSA) is 40.0 Å². The Kier molecular flexibility index (Phi) is 2.31. The summed E-state index contributed by atoms with van der Waals surface area (Å²) in [5.41, 5.74) is 1.26. The lowest BCUT2D eigenvalue weighted by Gasteiger charge is -2.14. The van der Waals surface area contributed by atoms with E-state index in [2.05, 4.69) is 4.98 Å². The van der Waals surface area contributed by atoms with Gasteiger partial charge >= 0.3 is 0 Å². The summed E-state index contributed by atoms with van der Waals surface area (Å²) >= 11 is 1.77. The molecule has 2 rings (SSSR count). The molecule has 2 heterocycles. The van der Waals surface area contributed by atoms with Gasteiger partial charge < -0.3 is 4.90 Å². The first-order valence-electron chi connectivity index (χ1n) is 4.49. The fourth-order valence-corrected chi connectivity index (χ4v) is 2.66. The zero-order valence-electron chi connectivity index (χ0n) is 7.71. The Hall–Kier alpha value is -0.900. The van der Waals surface area contributed by atoms with E-state index in [0.717, 1.165) is 30.9 Å². The van der Waals surface area contributed by atoms with Crippen LogP contribution in [-0.4, -0.2) is 22.8 Å². The first-order valence-corrected chi connectivity index (χ1v) is 5.31. The van der Waals surface area contributed by atoms with Crippen molar-refractivity contribution in [3.8, 4) is 0 Å². The lowest BCUT2D eigenvalue weighted by atomic mass is 10.2. The van der Waals surface area contributed by atoms with E-state index in [4.69, 9.17) is 5.41 Å². The predicted octanol–water partition coefficient (Wildman–Crippen LogP) is 1.81. The summed E-state index contributed by atoms with van der Waals surface area (Å²) in [6.45, 7) is 3.92. The number of hydrogen-bond donors (Lipinski definition) is 1. The average Bonchev–Trinajstić information content (AvgIpc) is 2.33. The van der Waals surface area contributed by atoms with Gasteiger partial charge in [-0.25, -0.2) is 4.98 Å². The van der Waals surface area contributed by atoms with Crippen molar-refractivity contribution in [1.82, 2.24) is 9.88 Å². The molecule has 70 valence electrons. The van der Waals surface area contributed by atoms with Gasteiger partial charge in [0.1, 0.15) is 0 Å². The molecule has 1 aromatic rings. The summed E-state index contributed by atoms with van der Waals surface area (Å²) in [7, 11) is 0. The van der Waals surface area contributed by atoms with Crippen molar-refractivity contribution in [3.63, 3.8) is 0 Å². The van der Waals surface area contributed by atoms with Crippen LogP contribution in [0.1, 0.15) is 22.0 Å². The molecule has 0 aromatic carbocycles. The van der Waals surface area contributed by atoms with Gasteiger partial charge in [0.05, 0.1) is 23.6 Å². The molecule has 3 nitrogen and oxygen atoms in total. The summed E-state index contributed by atoms with van der Waals surface area (Å²) in [6, 6.07) is 0. The Morgan fingerprint density at radius 1 is 1.62 bits per heavy atom. The first-order chi connectivity index (χ1) is 6.29. The maximum Gasteiger partial charge on any atom is 0.0900 e. The van der Waals surface area contributed by atoms with Crippen LogP contribution < -0.4 is 0 Å². The number of hydrogen-bond acceptors (Lipinski definition) is 3. The Morgan fingerprint density at radius 3 is 3.23 bits per heavy atom. The molecule has 0 aliphatic carbocycles. The molecule has 1 aliphatic heterocycles. The van der Waals surface area contributed by atoms with Gasteiger partial charge in [-0.05, 0) is 19.8 Å². The SMILES string of the molecule is Cc1nc2c(s1)CN(C=N)CCC2. The smallest absolute Gasteiger partial charge is 0.0900 e. The third-order valence-electron chi connectivity index (χ3n) is 2.27. The Labute approximate surface area is 81.9 Å². The van der Waals surface area contributed by atoms with Crippen molar-refractivity contribution in [2.45, 2.75) is 26.3 Å². The molecule has 1 N–H and O–H groups in total. The van der Waals surface area contributed by atoms with Crippen LogP contribution in [0.3, 0.4) is 0 Å². The van der Waals surface area contributed by atoms with Gasteiger partial charge in [-0.15, -0.1) is 11.3 Å². The monoisotopic (exact) mass is 195 g/mol. The van der Waals surface area contributed by atoms with Crippen LogP contribution in [0.4, 0.5) is 0 Å². The van der Waals surface area contributed by atoms with Gasteiger partial charge in [-0.3, -0.25) is 5.41 Å². The molecule has 0 radical (unpaired) electrons. The maximum absolute atomic E-state index is 7.23. The Morgan fingerprint density at radius 2 is 2.46 bits per heavy atom. The van der Waals surface area contributed by atoms with E-state index < -0.39 is 0 Å². The van der Waals surface area contributed by atoms with E-state index in [9.17, 15) is 0 Å². The van der Waals surface area contributed by atoms with Crippen molar-refractivity contribution in [1.29, 1.82) is 5.41 Å². The second-order valence-electron chi connectivity index (χ2n) is 3.31. The van der Waals surface area contributed by atoms with Crippen LogP contribution in [0.15, 0.2) is 0 Å². The van der Waals surface area contributed by atoms with E-state index in [-0.39, 0.29) is 0 Å². The van der Waals surface area contributed by atoms with Gasteiger partial charge in [-0.1, -0.05) is 0 Å². The minimum absolute atomic E-state index is 0.879. The van der Waals surface area contributed by atoms with Crippen molar-refractivity contribution in [2.75, 3.05) is 6.54 Å². The second-order valence-corrected chi connectivity index (χ2v) is 4.59. The maximum atomic E-state index is 7.23. The predicted molar refractivity (Wildman–Crippen MR) is 54.4 cm³/mol. The Balaban J connectivity index is 2.27. The first kappa shape index (κ1) is 8.69. The molecule has 1 aromatic heterocycles. The van der Waals surface area contributed by atoms with Crippen molar-refractivity contribution >= 4 is 17.7 Å². The summed E-state index contributed by atoms with van der Waals surface area (Å²) < 4.78 is 0. The fraction of sp³-hybridized carbons (Fsp3) is 0.556. The van der Waals surface area contributed by atoms with Crippen LogP contribution in [0.5, 0.6) is 0 Å². The van der Waals surface area contributed by atoms with Crippen LogP contribution in [0.2, 0.25) is 0 Å². The molecule has 4 heteroatoms. The van der Waals surface area contributed by atoms with E-state index in [1.807, 2.05) is 11.8 Å². The highest BCUT2D eigenvalue weighted by molar-refractivity contribution is 7.11. The van der Waals surface area contributed by atoms with Gasteiger partial charge in [0, 0.05) is 11.4 Å². The summed E-state index contributed by atoms with van der Waals surface area (Å²) in [6.07, 6.45) is 3.62. The number of nitrogens with one attached hydrogen (secondary N) is 1. The van der Waals surface area contributed by atoms with Crippen molar-refractivity contribution in [3.05, 3.63) is 15.6 Å². The largest absolute Gasteiger partial charge is 0.358 e. The van der Waals surface area contributed by atoms with Crippen LogP contribution in [0, 0.1) is 12.3 Å². The van der Waals surface area contributed by atoms with Gasteiger partial charge in [0.25, 0.3) is 0 Å². The summed E-state index contributed by atoms with van der Waals surface area (Å²) in [5.74, 6) is 0. The number of rotatable bonds is 1. The summed E-state index contributed by atoms with van der Waals surface area (Å²) in [5, 5.41) is 8.38. The third-order valence-corrected chi connectivity index (χ3v) is 3.27. The number of fused-ring (bicyclic) bond motifs is 1. The molecule has 0 saturated carbocycles. The molecule has 0 saturated heterocycles. The molecule has 0 amide bonds. The molecular weight excluding hydrogens is 182 g/mol. The minimum Gasteiger partial charge on any atom is -0.358 e. The van der Waals surface area contributed by atoms with Crippen molar-refractivity contribution in [2.24, 2.45) is 0 Å². The molecule has 0 spiro atoms. The number of thiazole rings is 1. The van der Waals surface area contributed by atoms with Gasteiger partial charge in [0.2, 0.25) is 0 Å². The zero-order valence-corrected chi connectivity index (χ0v) is 8.52. The highest BCUT2D eigenvalue weighted by Crippen LogP contribution is 2.23. The van der Waals surface area contributed by atoms with Crippen molar-refractivity contribution < 1.29 is 0 Å². The molecular formula is C9H13N3S. The molecule has 0 atom stereocenters. The van der Waals surface area contributed by atoms with Crippen LogP contribution in [0.25, 0.3) is 0 Å². The second kappa shape index (κ2) is 3.46. The Bertz CT molecular complexity index is 319. The van der Waals surface area contributed by atoms with E-state index in [0.29, 0.717) is 0 Å². The number of aromatic nitrogens is 1. The fourth-order valence-electron chi connectivity index (χ4n) is 1.65. The highest BCUT2D eigenvalue weighted by atomic mass is 32.1. The number of nitrogens with zero attached hydrogens (tertiary/aromatic N) is 2. The van der Waals surface area contributed by atoms with Gasteiger partial charge in [0.15, 0.2) is 0 Å². The lowest BCUT2D eigenvalue weighted by Crippen LogP contribution is -2.20. The standard InChI is InChI=1S/C9H13N3S/c1-7-11-8-3-2-4-12(6-10)5-9(8)13-7/h6,10H,2-5H2,1H3. The molecule has 0 unspecified atom stereocenters. The quantitative estimate of drug-likeness (QED) is 0.548. The zero-order chi connectivity index (χ0) is 9.26. The molecule has 1 aliphatic rings. The normalized spacial score (nSPS) is 16.5. The van der Waals surface area contributed by atoms with E-state index >= 15 is 0 Å². The minimum atomic E-state index is 0.879. The van der Waals surface area contributed by atoms with Crippen LogP contribution in [-0.2, 0) is 13.0 Å². The van der Waals surface area contributed by atoms with Crippen LogP contribution >= 0.6 is 11.3 Å².